The molecule has 0 aliphatic rings. The molecule has 0 saturated carbocycles. The standard InChI is InChI=1S/C20H21NO6S2/c1-15-5-9-17(10-6-15)28(22,23)20(19-4-3-13-27-19)14-21-29(24,25)18-11-7-16(26-2)8-12-18/h3-13,20-21H,14H2,1-2H3. The summed E-state index contributed by atoms with van der Waals surface area (Å²) in [5.41, 5.74) is 0.915. The fourth-order valence-electron chi connectivity index (χ4n) is 2.75. The van der Waals surface area contributed by atoms with E-state index >= 15 is 0 Å². The average molecular weight is 436 g/mol. The Labute approximate surface area is 170 Å². The molecule has 1 atom stereocenters. The third-order valence-corrected chi connectivity index (χ3v) is 7.93. The number of sulfone groups is 1. The largest absolute Gasteiger partial charge is 0.497 e. The van der Waals surface area contributed by atoms with Crippen LogP contribution in [0.25, 0.3) is 0 Å². The van der Waals surface area contributed by atoms with E-state index in [4.69, 9.17) is 9.15 Å². The van der Waals surface area contributed by atoms with Crippen LogP contribution < -0.4 is 9.46 Å². The maximum atomic E-state index is 13.2. The molecule has 0 bridgehead atoms. The number of hydrogen-bond donors (Lipinski definition) is 1. The second-order valence-electron chi connectivity index (χ2n) is 6.39. The van der Waals surface area contributed by atoms with Gasteiger partial charge in [-0.25, -0.2) is 21.6 Å². The van der Waals surface area contributed by atoms with Gasteiger partial charge in [-0.05, 0) is 55.5 Å². The fraction of sp³-hybridized carbons (Fsp3) is 0.200. The molecule has 0 amide bonds. The zero-order chi connectivity index (χ0) is 21.1. The van der Waals surface area contributed by atoms with Crippen LogP contribution in [0.2, 0.25) is 0 Å². The lowest BCUT2D eigenvalue weighted by Gasteiger charge is -2.17. The number of rotatable bonds is 8. The first-order valence-corrected chi connectivity index (χ1v) is 11.7. The molecule has 0 aliphatic heterocycles. The van der Waals surface area contributed by atoms with Crippen molar-refractivity contribution in [2.75, 3.05) is 13.7 Å². The van der Waals surface area contributed by atoms with Crippen LogP contribution in [-0.2, 0) is 19.9 Å². The SMILES string of the molecule is COc1ccc(S(=O)(=O)NCC(c2ccco2)S(=O)(=O)c2ccc(C)cc2)cc1. The van der Waals surface area contributed by atoms with Gasteiger partial charge in [0.1, 0.15) is 16.8 Å². The molecule has 154 valence electrons. The Morgan fingerprint density at radius 2 is 1.55 bits per heavy atom. The molecule has 0 spiro atoms. The molecule has 7 nitrogen and oxygen atoms in total. The second-order valence-corrected chi connectivity index (χ2v) is 10.3. The van der Waals surface area contributed by atoms with Crippen LogP contribution in [0.1, 0.15) is 16.6 Å². The van der Waals surface area contributed by atoms with E-state index in [0.29, 0.717) is 5.75 Å². The van der Waals surface area contributed by atoms with Gasteiger partial charge in [0, 0.05) is 6.54 Å². The predicted molar refractivity (Wildman–Crippen MR) is 108 cm³/mol. The summed E-state index contributed by atoms with van der Waals surface area (Å²) in [6, 6.07) is 15.2. The van der Waals surface area contributed by atoms with E-state index in [1.807, 2.05) is 6.92 Å². The maximum absolute atomic E-state index is 13.2. The number of methoxy groups -OCH3 is 1. The van der Waals surface area contributed by atoms with Gasteiger partial charge in [-0.3, -0.25) is 0 Å². The van der Waals surface area contributed by atoms with E-state index in [1.165, 1.54) is 55.8 Å². The van der Waals surface area contributed by atoms with Crippen molar-refractivity contribution in [3.8, 4) is 5.75 Å². The normalized spacial score (nSPS) is 13.2. The van der Waals surface area contributed by atoms with Gasteiger partial charge in [0.25, 0.3) is 0 Å². The van der Waals surface area contributed by atoms with Gasteiger partial charge in [-0.1, -0.05) is 17.7 Å². The summed E-state index contributed by atoms with van der Waals surface area (Å²) in [6.07, 6.45) is 1.35. The summed E-state index contributed by atoms with van der Waals surface area (Å²) in [7, 11) is -6.35. The van der Waals surface area contributed by atoms with Crippen LogP contribution in [-0.4, -0.2) is 30.5 Å². The number of ether oxygens (including phenoxy) is 1. The van der Waals surface area contributed by atoms with Gasteiger partial charge < -0.3 is 9.15 Å². The van der Waals surface area contributed by atoms with Crippen molar-refractivity contribution in [3.05, 3.63) is 78.3 Å². The summed E-state index contributed by atoms with van der Waals surface area (Å²) in [5, 5.41) is -1.21. The number of hydrogen-bond acceptors (Lipinski definition) is 6. The zero-order valence-electron chi connectivity index (χ0n) is 15.9. The Balaban J connectivity index is 1.89. The molecule has 29 heavy (non-hydrogen) atoms. The summed E-state index contributed by atoms with van der Waals surface area (Å²) in [6.45, 7) is 1.47. The number of sulfonamides is 1. The van der Waals surface area contributed by atoms with Gasteiger partial charge in [0.2, 0.25) is 10.0 Å². The molecular weight excluding hydrogens is 414 g/mol. The van der Waals surface area contributed by atoms with E-state index in [9.17, 15) is 16.8 Å². The molecule has 1 N–H and O–H groups in total. The molecule has 0 radical (unpaired) electrons. The van der Waals surface area contributed by atoms with E-state index in [0.717, 1.165) is 5.56 Å². The van der Waals surface area contributed by atoms with Crippen LogP contribution in [0.5, 0.6) is 5.75 Å². The van der Waals surface area contributed by atoms with Crippen molar-refractivity contribution in [1.29, 1.82) is 0 Å². The van der Waals surface area contributed by atoms with E-state index < -0.39 is 25.1 Å². The number of nitrogens with one attached hydrogen (secondary N) is 1. The van der Waals surface area contributed by atoms with Gasteiger partial charge >= 0.3 is 0 Å². The molecule has 0 saturated heterocycles. The maximum Gasteiger partial charge on any atom is 0.240 e. The molecule has 1 aromatic heterocycles. The second kappa shape index (κ2) is 8.40. The number of benzene rings is 2. The van der Waals surface area contributed by atoms with Gasteiger partial charge in [0.05, 0.1) is 23.2 Å². The molecule has 9 heteroatoms. The average Bonchev–Trinajstić information content (AvgIpc) is 3.22. The van der Waals surface area contributed by atoms with Crippen LogP contribution in [0, 0.1) is 6.92 Å². The fourth-order valence-corrected chi connectivity index (χ4v) is 5.49. The van der Waals surface area contributed by atoms with Crippen LogP contribution in [0.15, 0.2) is 81.1 Å². The summed E-state index contributed by atoms with van der Waals surface area (Å²) in [5.74, 6) is 0.669. The van der Waals surface area contributed by atoms with Crippen molar-refractivity contribution in [2.45, 2.75) is 22.0 Å². The summed E-state index contributed by atoms with van der Waals surface area (Å²) < 4.78 is 64.3. The Morgan fingerprint density at radius 3 is 2.10 bits per heavy atom. The van der Waals surface area contributed by atoms with Crippen molar-refractivity contribution < 1.29 is 26.0 Å². The lowest BCUT2D eigenvalue weighted by Crippen LogP contribution is -2.31. The van der Waals surface area contributed by atoms with Crippen LogP contribution in [0.3, 0.4) is 0 Å². The van der Waals surface area contributed by atoms with Gasteiger partial charge in [-0.15, -0.1) is 0 Å². The van der Waals surface area contributed by atoms with Gasteiger partial charge in [-0.2, -0.15) is 0 Å². The van der Waals surface area contributed by atoms with Crippen molar-refractivity contribution >= 4 is 19.9 Å². The first-order chi connectivity index (χ1) is 13.7. The highest BCUT2D eigenvalue weighted by atomic mass is 32.2. The van der Waals surface area contributed by atoms with Crippen molar-refractivity contribution in [1.82, 2.24) is 4.72 Å². The smallest absolute Gasteiger partial charge is 0.240 e. The molecular formula is C20H21NO6S2. The molecule has 1 unspecified atom stereocenters. The number of furan rings is 1. The molecule has 0 fully saturated rings. The van der Waals surface area contributed by atoms with E-state index in [1.54, 1.807) is 18.2 Å². The lowest BCUT2D eigenvalue weighted by molar-refractivity contribution is 0.414. The van der Waals surface area contributed by atoms with Gasteiger partial charge in [0.15, 0.2) is 9.84 Å². The highest BCUT2D eigenvalue weighted by Crippen LogP contribution is 2.29. The number of aryl methyl sites for hydroxylation is 1. The third kappa shape index (κ3) is 4.69. The Bertz CT molecular complexity index is 1150. The quantitative estimate of drug-likeness (QED) is 0.583. The minimum absolute atomic E-state index is 0.00392. The first kappa shape index (κ1) is 21.1. The highest BCUT2D eigenvalue weighted by Gasteiger charge is 2.32. The summed E-state index contributed by atoms with van der Waals surface area (Å²) in [4.78, 5) is 0.0948. The van der Waals surface area contributed by atoms with Crippen molar-refractivity contribution in [3.63, 3.8) is 0 Å². The molecule has 0 aliphatic carbocycles. The highest BCUT2D eigenvalue weighted by molar-refractivity contribution is 7.92. The summed E-state index contributed by atoms with van der Waals surface area (Å²) >= 11 is 0. The minimum Gasteiger partial charge on any atom is -0.497 e. The lowest BCUT2D eigenvalue weighted by atomic mass is 10.2. The van der Waals surface area contributed by atoms with Crippen LogP contribution >= 0.6 is 0 Å². The monoisotopic (exact) mass is 435 g/mol. The Morgan fingerprint density at radius 1 is 0.931 bits per heavy atom. The Hall–Kier alpha value is -2.62. The van der Waals surface area contributed by atoms with E-state index in [-0.39, 0.29) is 22.1 Å². The van der Waals surface area contributed by atoms with Crippen LogP contribution in [0.4, 0.5) is 0 Å². The molecule has 3 rings (SSSR count). The minimum atomic E-state index is -3.93. The molecule has 3 aromatic rings. The zero-order valence-corrected chi connectivity index (χ0v) is 17.5. The topological polar surface area (TPSA) is 103 Å². The predicted octanol–water partition coefficient (Wildman–Crippen LogP) is 3.09. The van der Waals surface area contributed by atoms with E-state index in [2.05, 4.69) is 4.72 Å². The Kier molecular flexibility index (Phi) is 6.11. The van der Waals surface area contributed by atoms with Crippen molar-refractivity contribution in [2.24, 2.45) is 0 Å². The third-order valence-electron chi connectivity index (χ3n) is 4.41. The first-order valence-electron chi connectivity index (χ1n) is 8.72. The molecule has 1 heterocycles. The molecule has 2 aromatic carbocycles.